The lowest BCUT2D eigenvalue weighted by Crippen LogP contribution is -2.31. The molecule has 2 heterocycles. The highest BCUT2D eigenvalue weighted by molar-refractivity contribution is 6.31. The molecule has 1 aromatic carbocycles. The number of nitrogens with one attached hydrogen (secondary N) is 1. The molecule has 0 bridgehead atoms. The van der Waals surface area contributed by atoms with Gasteiger partial charge in [0.1, 0.15) is 17.2 Å². The molecule has 0 fully saturated rings. The molecule has 24 heavy (non-hydrogen) atoms. The Hall–Kier alpha value is -2.67. The molecule has 1 N–H and O–H groups in total. The van der Waals surface area contributed by atoms with E-state index in [0.29, 0.717) is 28.2 Å². The zero-order valence-electron chi connectivity index (χ0n) is 13.0. The van der Waals surface area contributed by atoms with E-state index in [1.807, 2.05) is 6.92 Å². The van der Waals surface area contributed by atoms with Crippen molar-refractivity contribution in [3.63, 3.8) is 0 Å². The number of nitrogens with zero attached hydrogens (tertiary/aromatic N) is 2. The van der Waals surface area contributed by atoms with Crippen LogP contribution < -0.4 is 10.9 Å². The third-order valence-corrected chi connectivity index (χ3v) is 3.73. The van der Waals surface area contributed by atoms with Gasteiger partial charge >= 0.3 is 5.63 Å². The molecule has 124 valence electrons. The second-order valence-electron chi connectivity index (χ2n) is 5.24. The van der Waals surface area contributed by atoms with Crippen molar-refractivity contribution in [1.82, 2.24) is 15.5 Å². The Balaban J connectivity index is 1.92. The predicted molar refractivity (Wildman–Crippen MR) is 87.0 cm³/mol. The first kappa shape index (κ1) is 16.2. The van der Waals surface area contributed by atoms with E-state index in [0.717, 1.165) is 0 Å². The number of aryl methyl sites for hydroxylation is 1. The third kappa shape index (κ3) is 3.16. The number of hydrogen-bond acceptors (Lipinski definition) is 6. The summed E-state index contributed by atoms with van der Waals surface area (Å²) in [7, 11) is 0. The molecule has 1 unspecified atom stereocenters. The van der Waals surface area contributed by atoms with Gasteiger partial charge in [0.05, 0.1) is 0 Å². The Morgan fingerprint density at radius 3 is 2.83 bits per heavy atom. The maximum Gasteiger partial charge on any atom is 0.349 e. The summed E-state index contributed by atoms with van der Waals surface area (Å²) in [6.45, 7) is 3.54. The lowest BCUT2D eigenvalue weighted by atomic mass is 10.1. The number of rotatable bonds is 4. The third-order valence-electron chi connectivity index (χ3n) is 3.49. The minimum Gasteiger partial charge on any atom is -0.422 e. The summed E-state index contributed by atoms with van der Waals surface area (Å²) < 4.78 is 10.2. The van der Waals surface area contributed by atoms with Crippen LogP contribution in [0.4, 0.5) is 0 Å². The van der Waals surface area contributed by atoms with Gasteiger partial charge in [-0.3, -0.25) is 4.79 Å². The average Bonchev–Trinajstić information content (AvgIpc) is 2.98. The van der Waals surface area contributed by atoms with Crippen LogP contribution >= 0.6 is 11.6 Å². The monoisotopic (exact) mass is 347 g/mol. The zero-order chi connectivity index (χ0) is 17.3. The van der Waals surface area contributed by atoms with Crippen LogP contribution in [-0.4, -0.2) is 16.0 Å². The Bertz CT molecular complexity index is 963. The molecule has 0 aliphatic rings. The van der Waals surface area contributed by atoms with Crippen LogP contribution in [0.25, 0.3) is 11.0 Å². The predicted octanol–water partition coefficient (Wildman–Crippen LogP) is 3.02. The fraction of sp³-hybridized carbons (Fsp3) is 0.250. The van der Waals surface area contributed by atoms with E-state index in [9.17, 15) is 9.59 Å². The SMILES string of the molecule is CCC(NC(=O)c1cc2cc(Cl)ccc2oc1=O)c1nc(C)no1. The molecule has 0 spiro atoms. The first-order valence-electron chi connectivity index (χ1n) is 7.32. The van der Waals surface area contributed by atoms with Crippen LogP contribution in [0.3, 0.4) is 0 Å². The Kier molecular flexibility index (Phi) is 4.35. The van der Waals surface area contributed by atoms with Crippen LogP contribution in [0.2, 0.25) is 5.02 Å². The van der Waals surface area contributed by atoms with E-state index in [2.05, 4.69) is 15.5 Å². The average molecular weight is 348 g/mol. The van der Waals surface area contributed by atoms with Crippen molar-refractivity contribution >= 4 is 28.5 Å². The number of fused-ring (bicyclic) bond motifs is 1. The molecule has 3 aromatic rings. The molecule has 1 atom stereocenters. The second-order valence-corrected chi connectivity index (χ2v) is 5.68. The molecular formula is C16H14ClN3O4. The van der Waals surface area contributed by atoms with Crippen LogP contribution in [-0.2, 0) is 0 Å². The minimum atomic E-state index is -0.723. The van der Waals surface area contributed by atoms with E-state index in [1.165, 1.54) is 6.07 Å². The van der Waals surface area contributed by atoms with Gasteiger partial charge < -0.3 is 14.3 Å². The van der Waals surface area contributed by atoms with Crippen molar-refractivity contribution in [3.05, 3.63) is 57.0 Å². The first-order valence-corrected chi connectivity index (χ1v) is 7.70. The lowest BCUT2D eigenvalue weighted by molar-refractivity contribution is 0.0923. The molecule has 1 amide bonds. The van der Waals surface area contributed by atoms with Crippen molar-refractivity contribution < 1.29 is 13.7 Å². The summed E-state index contributed by atoms with van der Waals surface area (Å²) in [5, 5.41) is 7.45. The van der Waals surface area contributed by atoms with E-state index in [-0.39, 0.29) is 11.5 Å². The summed E-state index contributed by atoms with van der Waals surface area (Å²) in [5.74, 6) is 0.183. The van der Waals surface area contributed by atoms with Crippen LogP contribution in [0.5, 0.6) is 0 Å². The number of carbonyl (C=O) groups is 1. The highest BCUT2D eigenvalue weighted by Gasteiger charge is 2.22. The van der Waals surface area contributed by atoms with Gasteiger partial charge in [-0.1, -0.05) is 23.7 Å². The summed E-state index contributed by atoms with van der Waals surface area (Å²) in [4.78, 5) is 28.6. The normalized spacial score (nSPS) is 12.3. The van der Waals surface area contributed by atoms with E-state index in [1.54, 1.807) is 25.1 Å². The van der Waals surface area contributed by atoms with Gasteiger partial charge in [-0.2, -0.15) is 4.98 Å². The molecule has 8 heteroatoms. The number of carbonyl (C=O) groups excluding carboxylic acids is 1. The Morgan fingerprint density at radius 2 is 2.17 bits per heavy atom. The van der Waals surface area contributed by atoms with Crippen molar-refractivity contribution in [2.45, 2.75) is 26.3 Å². The quantitative estimate of drug-likeness (QED) is 0.728. The first-order chi connectivity index (χ1) is 11.5. The summed E-state index contributed by atoms with van der Waals surface area (Å²) >= 11 is 5.93. The summed E-state index contributed by atoms with van der Waals surface area (Å²) in [6, 6.07) is 5.77. The largest absolute Gasteiger partial charge is 0.422 e. The van der Waals surface area contributed by atoms with Gasteiger partial charge in [0.15, 0.2) is 5.82 Å². The van der Waals surface area contributed by atoms with Gasteiger partial charge in [0.25, 0.3) is 5.91 Å². The second kappa shape index (κ2) is 6.45. The van der Waals surface area contributed by atoms with Gasteiger partial charge in [0.2, 0.25) is 5.89 Å². The van der Waals surface area contributed by atoms with Crippen LogP contribution in [0.1, 0.15) is 41.5 Å². The zero-order valence-corrected chi connectivity index (χ0v) is 13.8. The summed E-state index contributed by atoms with van der Waals surface area (Å²) in [5.41, 5.74) is -0.473. The maximum atomic E-state index is 12.4. The topological polar surface area (TPSA) is 98.2 Å². The van der Waals surface area contributed by atoms with Gasteiger partial charge in [-0.25, -0.2) is 4.79 Å². The Morgan fingerprint density at radius 1 is 1.38 bits per heavy atom. The fourth-order valence-corrected chi connectivity index (χ4v) is 2.46. The highest BCUT2D eigenvalue weighted by atomic mass is 35.5. The fourth-order valence-electron chi connectivity index (χ4n) is 2.28. The van der Waals surface area contributed by atoms with E-state index in [4.69, 9.17) is 20.5 Å². The highest BCUT2D eigenvalue weighted by Crippen LogP contribution is 2.20. The van der Waals surface area contributed by atoms with Crippen LogP contribution in [0.15, 0.2) is 38.0 Å². The molecule has 0 aliphatic carbocycles. The van der Waals surface area contributed by atoms with Gasteiger partial charge in [0, 0.05) is 10.4 Å². The van der Waals surface area contributed by atoms with Gasteiger partial charge in [-0.05, 0) is 37.6 Å². The Labute approximate surface area is 141 Å². The molecule has 2 aromatic heterocycles. The molecule has 0 saturated carbocycles. The number of hydrogen-bond donors (Lipinski definition) is 1. The number of aromatic nitrogens is 2. The van der Waals surface area contributed by atoms with E-state index < -0.39 is 17.6 Å². The lowest BCUT2D eigenvalue weighted by Gasteiger charge is -2.12. The molecule has 0 radical (unpaired) electrons. The molecule has 3 rings (SSSR count). The van der Waals surface area contributed by atoms with E-state index >= 15 is 0 Å². The van der Waals surface area contributed by atoms with Crippen LogP contribution in [0, 0.1) is 6.92 Å². The molecule has 0 saturated heterocycles. The smallest absolute Gasteiger partial charge is 0.349 e. The van der Waals surface area contributed by atoms with Gasteiger partial charge in [-0.15, -0.1) is 0 Å². The molecular weight excluding hydrogens is 334 g/mol. The summed E-state index contributed by atoms with van der Waals surface area (Å²) in [6.07, 6.45) is 0.526. The number of amides is 1. The van der Waals surface area contributed by atoms with Crippen molar-refractivity contribution in [2.24, 2.45) is 0 Å². The standard InChI is InChI=1S/C16H14ClN3O4/c1-3-12(15-18-8(2)20-24-15)19-14(21)11-7-9-6-10(17)4-5-13(9)23-16(11)22/h4-7,12H,3H2,1-2H3,(H,19,21). The molecule has 7 nitrogen and oxygen atoms in total. The maximum absolute atomic E-state index is 12.4. The van der Waals surface area contributed by atoms with Crippen molar-refractivity contribution in [3.8, 4) is 0 Å². The van der Waals surface area contributed by atoms with Crippen molar-refractivity contribution in [2.75, 3.05) is 0 Å². The number of benzene rings is 1. The minimum absolute atomic E-state index is 0.112. The van der Waals surface area contributed by atoms with Crippen molar-refractivity contribution in [1.29, 1.82) is 0 Å². The molecule has 0 aliphatic heterocycles. The number of halogens is 1.